The van der Waals surface area contributed by atoms with Crippen LogP contribution in [0.2, 0.25) is 4.34 Å². The van der Waals surface area contributed by atoms with Crippen LogP contribution in [0.25, 0.3) is 0 Å². The maximum absolute atomic E-state index is 13.0. The SMILES string of the molecule is CC(C)(C)OC(=O)N1CCC2(CNc3ccc(C(=O)N(Br)c4ncc(Cl)s4)cc32)C1. The molecule has 2 aromatic rings. The molecule has 3 heterocycles. The number of fused-ring (bicyclic) bond motifs is 2. The van der Waals surface area contributed by atoms with E-state index >= 15 is 0 Å². The highest BCUT2D eigenvalue weighted by atomic mass is 79.9. The molecule has 4 rings (SSSR count). The third-order valence-corrected chi connectivity index (χ3v) is 7.26. The van der Waals surface area contributed by atoms with Crippen molar-refractivity contribution in [2.75, 3.05) is 28.9 Å². The predicted octanol–water partition coefficient (Wildman–Crippen LogP) is 5.06. The Hall–Kier alpha value is -1.84. The number of halogens is 2. The summed E-state index contributed by atoms with van der Waals surface area (Å²) in [5, 5.41) is 3.90. The number of carbonyl (C=O) groups excluding carboxylic acids is 2. The van der Waals surface area contributed by atoms with Crippen molar-refractivity contribution in [1.29, 1.82) is 0 Å². The molecule has 2 amide bonds. The highest BCUT2D eigenvalue weighted by Crippen LogP contribution is 2.44. The van der Waals surface area contributed by atoms with E-state index in [0.717, 1.165) is 24.2 Å². The molecule has 0 aliphatic carbocycles. The van der Waals surface area contributed by atoms with E-state index in [9.17, 15) is 9.59 Å². The highest BCUT2D eigenvalue weighted by molar-refractivity contribution is 9.10. The van der Waals surface area contributed by atoms with Crippen LogP contribution in [0.5, 0.6) is 0 Å². The quantitative estimate of drug-likeness (QED) is 0.568. The summed E-state index contributed by atoms with van der Waals surface area (Å²) in [6, 6.07) is 5.63. The average Bonchev–Trinajstić information content (AvgIpc) is 3.39. The normalized spacial score (nSPS) is 20.2. The van der Waals surface area contributed by atoms with Gasteiger partial charge in [-0.15, -0.1) is 0 Å². The van der Waals surface area contributed by atoms with Crippen molar-refractivity contribution in [3.05, 3.63) is 39.9 Å². The zero-order chi connectivity index (χ0) is 21.7. The fraction of sp³-hybridized carbons (Fsp3) is 0.450. The number of hydrogen-bond acceptors (Lipinski definition) is 6. The Balaban J connectivity index is 1.56. The fourth-order valence-corrected chi connectivity index (χ4v) is 5.20. The number of anilines is 2. The van der Waals surface area contributed by atoms with Crippen LogP contribution in [0.1, 0.15) is 43.1 Å². The lowest BCUT2D eigenvalue weighted by Crippen LogP contribution is -2.39. The molecule has 1 aromatic heterocycles. The fourth-order valence-electron chi connectivity index (χ4n) is 3.89. The molecule has 0 saturated carbocycles. The van der Waals surface area contributed by atoms with E-state index in [2.05, 4.69) is 26.4 Å². The van der Waals surface area contributed by atoms with Gasteiger partial charge in [-0.25, -0.2) is 13.7 Å². The largest absolute Gasteiger partial charge is 0.444 e. The topological polar surface area (TPSA) is 74.8 Å². The number of benzene rings is 1. The van der Waals surface area contributed by atoms with Crippen molar-refractivity contribution in [2.24, 2.45) is 0 Å². The first-order valence-corrected chi connectivity index (χ1v) is 11.5. The minimum Gasteiger partial charge on any atom is -0.444 e. The van der Waals surface area contributed by atoms with Gasteiger partial charge in [-0.2, -0.15) is 0 Å². The molecule has 0 radical (unpaired) electrons. The summed E-state index contributed by atoms with van der Waals surface area (Å²) in [6.07, 6.45) is 2.02. The van der Waals surface area contributed by atoms with Crippen LogP contribution in [0.15, 0.2) is 24.4 Å². The highest BCUT2D eigenvalue weighted by Gasteiger charge is 2.46. The summed E-state index contributed by atoms with van der Waals surface area (Å²) in [5.41, 5.74) is 1.82. The number of amides is 2. The Kier molecular flexibility index (Phi) is 5.48. The summed E-state index contributed by atoms with van der Waals surface area (Å²) in [6.45, 7) is 7.49. The van der Waals surface area contributed by atoms with Crippen LogP contribution in [-0.2, 0) is 10.2 Å². The smallest absolute Gasteiger partial charge is 0.410 e. The van der Waals surface area contributed by atoms with Crippen LogP contribution in [0.4, 0.5) is 15.6 Å². The number of aromatic nitrogens is 1. The van der Waals surface area contributed by atoms with Crippen molar-refractivity contribution in [3.63, 3.8) is 0 Å². The molecule has 1 N–H and O–H groups in total. The Labute approximate surface area is 192 Å². The van der Waals surface area contributed by atoms with Gasteiger partial charge in [-0.05, 0) is 51.0 Å². The average molecular weight is 514 g/mol. The molecule has 1 atom stereocenters. The van der Waals surface area contributed by atoms with Crippen LogP contribution in [0.3, 0.4) is 0 Å². The molecule has 160 valence electrons. The standard InChI is InChI=1S/C20H22BrClN4O3S/c1-19(2,3)29-18(28)25-7-6-20(11-25)10-24-14-5-4-12(8-13(14)20)16(27)26(21)17-23-9-15(22)30-17/h4-5,8-9,24H,6-7,10-11H2,1-3H3. The monoisotopic (exact) mass is 512 g/mol. The number of thiazole rings is 1. The molecule has 10 heteroatoms. The molecule has 0 bridgehead atoms. The second-order valence-corrected chi connectivity index (χ2v) is 10.9. The van der Waals surface area contributed by atoms with E-state index < -0.39 is 5.60 Å². The van der Waals surface area contributed by atoms with Crippen LogP contribution in [-0.4, -0.2) is 47.1 Å². The lowest BCUT2D eigenvalue weighted by atomic mass is 9.81. The summed E-state index contributed by atoms with van der Waals surface area (Å²) >= 11 is 10.5. The Bertz CT molecular complexity index is 1010. The van der Waals surface area contributed by atoms with Gasteiger partial charge < -0.3 is 15.0 Å². The minimum atomic E-state index is -0.531. The molecule has 2 aliphatic heterocycles. The number of rotatable bonds is 2. The first kappa shape index (κ1) is 21.4. The van der Waals surface area contributed by atoms with E-state index in [1.807, 2.05) is 32.9 Å². The second kappa shape index (κ2) is 7.69. The van der Waals surface area contributed by atoms with E-state index in [1.54, 1.807) is 11.0 Å². The molecule has 1 spiro atoms. The van der Waals surface area contributed by atoms with Crippen molar-refractivity contribution < 1.29 is 14.3 Å². The minimum absolute atomic E-state index is 0.229. The van der Waals surface area contributed by atoms with Crippen LogP contribution >= 0.6 is 39.1 Å². The van der Waals surface area contributed by atoms with Gasteiger partial charge in [0.25, 0.3) is 5.91 Å². The van der Waals surface area contributed by atoms with Gasteiger partial charge in [-0.1, -0.05) is 22.9 Å². The number of ether oxygens (including phenoxy) is 1. The van der Waals surface area contributed by atoms with Gasteiger partial charge in [-0.3, -0.25) is 4.79 Å². The third kappa shape index (κ3) is 4.02. The number of carbonyl (C=O) groups is 2. The van der Waals surface area contributed by atoms with Crippen LogP contribution in [0, 0.1) is 0 Å². The van der Waals surface area contributed by atoms with Crippen molar-refractivity contribution in [2.45, 2.75) is 38.2 Å². The molecule has 1 saturated heterocycles. The van der Waals surface area contributed by atoms with Crippen molar-refractivity contribution in [1.82, 2.24) is 9.88 Å². The molecule has 1 unspecified atom stereocenters. The van der Waals surface area contributed by atoms with E-state index in [4.69, 9.17) is 16.3 Å². The number of likely N-dealkylation sites (tertiary alicyclic amines) is 1. The molecular weight excluding hydrogens is 492 g/mol. The molecule has 7 nitrogen and oxygen atoms in total. The lowest BCUT2D eigenvalue weighted by molar-refractivity contribution is 0.0285. The second-order valence-electron chi connectivity index (χ2n) is 8.58. The Morgan fingerprint density at radius 1 is 1.40 bits per heavy atom. The maximum atomic E-state index is 13.0. The van der Waals surface area contributed by atoms with E-state index in [0.29, 0.717) is 28.1 Å². The lowest BCUT2D eigenvalue weighted by Gasteiger charge is -2.27. The number of nitrogens with one attached hydrogen (secondary N) is 1. The predicted molar refractivity (Wildman–Crippen MR) is 122 cm³/mol. The molecule has 1 aromatic carbocycles. The van der Waals surface area contributed by atoms with Gasteiger partial charge >= 0.3 is 6.09 Å². The van der Waals surface area contributed by atoms with Gasteiger partial charge in [0.15, 0.2) is 0 Å². The van der Waals surface area contributed by atoms with E-state index in [-0.39, 0.29) is 17.4 Å². The van der Waals surface area contributed by atoms with Crippen molar-refractivity contribution >= 4 is 61.9 Å². The first-order valence-electron chi connectivity index (χ1n) is 9.56. The maximum Gasteiger partial charge on any atom is 0.410 e. The zero-order valence-corrected chi connectivity index (χ0v) is 20.0. The van der Waals surface area contributed by atoms with Gasteiger partial charge in [0, 0.05) is 36.3 Å². The molecule has 1 fully saturated rings. The third-order valence-electron chi connectivity index (χ3n) is 5.27. The molecular formula is C20H22BrClN4O3S. The first-order chi connectivity index (χ1) is 14.1. The van der Waals surface area contributed by atoms with E-state index in [1.165, 1.54) is 21.5 Å². The summed E-state index contributed by atoms with van der Waals surface area (Å²) in [5.74, 6) is -0.229. The van der Waals surface area contributed by atoms with Gasteiger partial charge in [0.05, 0.1) is 22.3 Å². The Morgan fingerprint density at radius 2 is 2.17 bits per heavy atom. The number of nitrogens with zero attached hydrogens (tertiary/aromatic N) is 3. The summed E-state index contributed by atoms with van der Waals surface area (Å²) in [7, 11) is 0. The summed E-state index contributed by atoms with van der Waals surface area (Å²) < 4.78 is 7.37. The Morgan fingerprint density at radius 3 is 2.83 bits per heavy atom. The molecule has 2 aliphatic rings. The number of hydrogen-bond donors (Lipinski definition) is 1. The van der Waals surface area contributed by atoms with Gasteiger partial charge in [0.1, 0.15) is 9.94 Å². The van der Waals surface area contributed by atoms with Crippen molar-refractivity contribution in [3.8, 4) is 0 Å². The van der Waals surface area contributed by atoms with Crippen LogP contribution < -0.4 is 9.24 Å². The molecule has 30 heavy (non-hydrogen) atoms. The van der Waals surface area contributed by atoms with Gasteiger partial charge in [0.2, 0.25) is 5.13 Å². The zero-order valence-electron chi connectivity index (χ0n) is 16.9. The summed E-state index contributed by atoms with van der Waals surface area (Å²) in [4.78, 5) is 31.4.